The first kappa shape index (κ1) is 19.4. The van der Waals surface area contributed by atoms with Crippen LogP contribution < -0.4 is 10.6 Å². The van der Waals surface area contributed by atoms with E-state index in [2.05, 4.69) is 10.6 Å². The second kappa shape index (κ2) is 8.87. The molecule has 1 aromatic carbocycles. The third-order valence-corrected chi connectivity index (χ3v) is 3.51. The minimum absolute atomic E-state index is 0.0642. The van der Waals surface area contributed by atoms with Crippen molar-refractivity contribution in [2.75, 3.05) is 6.54 Å². The number of hydrogen-bond acceptors (Lipinski definition) is 3. The Morgan fingerprint density at radius 1 is 1.22 bits per heavy atom. The van der Waals surface area contributed by atoms with Crippen molar-refractivity contribution in [3.63, 3.8) is 0 Å². The molecule has 0 saturated carbocycles. The summed E-state index contributed by atoms with van der Waals surface area (Å²) in [7, 11) is 0. The second-order valence-electron chi connectivity index (χ2n) is 6.64. The second-order valence-corrected chi connectivity index (χ2v) is 6.64. The van der Waals surface area contributed by atoms with Crippen molar-refractivity contribution in [2.24, 2.45) is 0 Å². The summed E-state index contributed by atoms with van der Waals surface area (Å²) in [4.78, 5) is 11.8. The first-order chi connectivity index (χ1) is 10.8. The first-order valence-corrected chi connectivity index (χ1v) is 8.24. The largest absolute Gasteiger partial charge is 0.444 e. The molecule has 0 saturated heterocycles. The van der Waals surface area contributed by atoms with Gasteiger partial charge in [-0.2, -0.15) is 0 Å². The van der Waals surface area contributed by atoms with Crippen molar-refractivity contribution < 1.29 is 13.9 Å². The van der Waals surface area contributed by atoms with Crippen LogP contribution in [-0.4, -0.2) is 24.3 Å². The Hall–Kier alpha value is -1.62. The fraction of sp³-hybridized carbons (Fsp3) is 0.611. The molecule has 0 bridgehead atoms. The van der Waals surface area contributed by atoms with Crippen molar-refractivity contribution in [3.05, 3.63) is 35.6 Å². The van der Waals surface area contributed by atoms with Gasteiger partial charge in [0.25, 0.3) is 0 Å². The smallest absolute Gasteiger partial charge is 0.407 e. The summed E-state index contributed by atoms with van der Waals surface area (Å²) < 4.78 is 19.2. The fourth-order valence-corrected chi connectivity index (χ4v) is 2.29. The van der Waals surface area contributed by atoms with E-state index in [0.29, 0.717) is 12.1 Å². The van der Waals surface area contributed by atoms with Gasteiger partial charge in [0.15, 0.2) is 0 Å². The molecule has 1 aromatic rings. The first-order valence-electron chi connectivity index (χ1n) is 8.24. The summed E-state index contributed by atoms with van der Waals surface area (Å²) in [5.74, 6) is -0.208. The summed E-state index contributed by atoms with van der Waals surface area (Å²) in [5, 5.41) is 6.19. The van der Waals surface area contributed by atoms with Crippen LogP contribution in [0.4, 0.5) is 9.18 Å². The molecule has 5 heteroatoms. The Bertz CT molecular complexity index is 500. The summed E-state index contributed by atoms with van der Waals surface area (Å²) in [6.07, 6.45) is 1.11. The average Bonchev–Trinajstić information content (AvgIpc) is 2.46. The number of benzene rings is 1. The maximum absolute atomic E-state index is 13.9. The Labute approximate surface area is 138 Å². The molecule has 2 N–H and O–H groups in total. The standard InChI is InChI=1S/C18H29FN2O2/c1-6-13(21-17(22)23-18(3,4)5)12-20-16(7-2)14-10-8-9-11-15(14)19/h8-11,13,16,20H,6-7,12H2,1-5H3,(H,21,22). The van der Waals surface area contributed by atoms with Gasteiger partial charge >= 0.3 is 6.09 Å². The van der Waals surface area contributed by atoms with E-state index < -0.39 is 11.7 Å². The maximum Gasteiger partial charge on any atom is 0.407 e. The lowest BCUT2D eigenvalue weighted by Crippen LogP contribution is -2.44. The molecule has 2 atom stereocenters. The molecule has 0 aromatic heterocycles. The summed E-state index contributed by atoms with van der Waals surface area (Å²) >= 11 is 0. The molecule has 0 spiro atoms. The van der Waals surface area contributed by atoms with Crippen molar-refractivity contribution in [3.8, 4) is 0 Å². The summed E-state index contributed by atoms with van der Waals surface area (Å²) in [6.45, 7) is 10.0. The number of nitrogens with one attached hydrogen (secondary N) is 2. The number of amides is 1. The zero-order chi connectivity index (χ0) is 17.5. The van der Waals surface area contributed by atoms with Crippen LogP contribution >= 0.6 is 0 Å². The van der Waals surface area contributed by atoms with Gasteiger partial charge in [0, 0.05) is 24.2 Å². The highest BCUT2D eigenvalue weighted by atomic mass is 19.1. The van der Waals surface area contributed by atoms with Crippen LogP contribution in [0.5, 0.6) is 0 Å². The van der Waals surface area contributed by atoms with Crippen molar-refractivity contribution in [1.29, 1.82) is 0 Å². The maximum atomic E-state index is 13.9. The summed E-state index contributed by atoms with van der Waals surface area (Å²) in [5.41, 5.74) is 0.136. The van der Waals surface area contributed by atoms with Gasteiger partial charge in [-0.3, -0.25) is 0 Å². The molecule has 0 aliphatic heterocycles. The van der Waals surface area contributed by atoms with Gasteiger partial charge in [0.05, 0.1) is 0 Å². The Morgan fingerprint density at radius 3 is 2.39 bits per heavy atom. The number of carbonyl (C=O) groups is 1. The summed E-state index contributed by atoms with van der Waals surface area (Å²) in [6, 6.07) is 6.63. The number of carbonyl (C=O) groups excluding carboxylic acids is 1. The van der Waals surface area contributed by atoms with Gasteiger partial charge < -0.3 is 15.4 Å². The normalized spacial score (nSPS) is 14.2. The van der Waals surface area contributed by atoms with E-state index in [-0.39, 0.29) is 17.9 Å². The number of halogens is 1. The predicted molar refractivity (Wildman–Crippen MR) is 90.9 cm³/mol. The number of alkyl carbamates (subject to hydrolysis) is 1. The van der Waals surface area contributed by atoms with Gasteiger partial charge in [-0.1, -0.05) is 32.0 Å². The molecular formula is C18H29FN2O2. The van der Waals surface area contributed by atoms with Gasteiger partial charge in [0.1, 0.15) is 11.4 Å². The number of hydrogen-bond donors (Lipinski definition) is 2. The highest BCUT2D eigenvalue weighted by molar-refractivity contribution is 5.68. The van der Waals surface area contributed by atoms with E-state index in [9.17, 15) is 9.18 Å². The van der Waals surface area contributed by atoms with E-state index in [0.717, 1.165) is 12.8 Å². The van der Waals surface area contributed by atoms with E-state index in [1.165, 1.54) is 6.07 Å². The van der Waals surface area contributed by atoms with Crippen molar-refractivity contribution in [2.45, 2.75) is 65.1 Å². The molecule has 0 fully saturated rings. The van der Waals surface area contributed by atoms with Crippen LogP contribution in [0.2, 0.25) is 0 Å². The third kappa shape index (κ3) is 6.99. The molecule has 1 rings (SSSR count). The van der Waals surface area contributed by atoms with Crippen LogP contribution in [0.15, 0.2) is 24.3 Å². The molecular weight excluding hydrogens is 295 g/mol. The topological polar surface area (TPSA) is 50.4 Å². The van der Waals surface area contributed by atoms with Gasteiger partial charge in [-0.25, -0.2) is 9.18 Å². The van der Waals surface area contributed by atoms with Gasteiger partial charge in [0.2, 0.25) is 0 Å². The molecule has 23 heavy (non-hydrogen) atoms. The molecule has 1 amide bonds. The molecule has 130 valence electrons. The Kier molecular flexibility index (Phi) is 7.49. The zero-order valence-corrected chi connectivity index (χ0v) is 14.8. The SMILES string of the molecule is CCC(CNC(CC)c1ccccc1F)NC(=O)OC(C)(C)C. The van der Waals surface area contributed by atoms with E-state index in [1.807, 2.05) is 40.7 Å². The van der Waals surface area contributed by atoms with Crippen LogP contribution in [0.3, 0.4) is 0 Å². The minimum Gasteiger partial charge on any atom is -0.444 e. The molecule has 0 aliphatic rings. The van der Waals surface area contributed by atoms with Crippen LogP contribution in [-0.2, 0) is 4.74 Å². The number of rotatable bonds is 7. The van der Waals surface area contributed by atoms with Gasteiger partial charge in [-0.05, 0) is 39.7 Å². The van der Waals surface area contributed by atoms with Crippen LogP contribution in [0.1, 0.15) is 59.1 Å². The number of ether oxygens (including phenoxy) is 1. The minimum atomic E-state index is -0.519. The van der Waals surface area contributed by atoms with E-state index in [1.54, 1.807) is 12.1 Å². The van der Waals surface area contributed by atoms with Crippen molar-refractivity contribution in [1.82, 2.24) is 10.6 Å². The van der Waals surface area contributed by atoms with E-state index >= 15 is 0 Å². The lowest BCUT2D eigenvalue weighted by Gasteiger charge is -2.25. The highest BCUT2D eigenvalue weighted by Gasteiger charge is 2.20. The molecule has 0 heterocycles. The van der Waals surface area contributed by atoms with E-state index in [4.69, 9.17) is 4.74 Å². The van der Waals surface area contributed by atoms with Crippen molar-refractivity contribution >= 4 is 6.09 Å². The average molecular weight is 324 g/mol. The lowest BCUT2D eigenvalue weighted by molar-refractivity contribution is 0.0501. The highest BCUT2D eigenvalue weighted by Crippen LogP contribution is 2.19. The zero-order valence-electron chi connectivity index (χ0n) is 14.8. The molecule has 0 aliphatic carbocycles. The quantitative estimate of drug-likeness (QED) is 0.791. The lowest BCUT2D eigenvalue weighted by atomic mass is 10.0. The predicted octanol–water partition coefficient (Wildman–Crippen LogP) is 4.17. The van der Waals surface area contributed by atoms with Crippen LogP contribution in [0.25, 0.3) is 0 Å². The third-order valence-electron chi connectivity index (χ3n) is 3.51. The monoisotopic (exact) mass is 324 g/mol. The van der Waals surface area contributed by atoms with Gasteiger partial charge in [-0.15, -0.1) is 0 Å². The van der Waals surface area contributed by atoms with Crippen LogP contribution in [0, 0.1) is 5.82 Å². The molecule has 2 unspecified atom stereocenters. The molecule has 0 radical (unpaired) electrons. The molecule has 4 nitrogen and oxygen atoms in total. The fourth-order valence-electron chi connectivity index (χ4n) is 2.29. The Balaban J connectivity index is 2.58. The Morgan fingerprint density at radius 2 is 1.87 bits per heavy atom.